The van der Waals surface area contributed by atoms with Gasteiger partial charge in [0.1, 0.15) is 6.26 Å². The van der Waals surface area contributed by atoms with Gasteiger partial charge in [-0.1, -0.05) is 11.6 Å². The van der Waals surface area contributed by atoms with Crippen LogP contribution in [0.25, 0.3) is 0 Å². The van der Waals surface area contributed by atoms with Crippen LogP contribution in [0, 0.1) is 10.5 Å². The van der Waals surface area contributed by atoms with Crippen LogP contribution in [0.1, 0.15) is 16.1 Å². The van der Waals surface area contributed by atoms with Crippen LogP contribution in [-0.2, 0) is 0 Å². The molecule has 0 saturated carbocycles. The Morgan fingerprint density at radius 3 is 2.94 bits per heavy atom. The van der Waals surface area contributed by atoms with Crippen molar-refractivity contribution in [2.75, 3.05) is 5.32 Å². The van der Waals surface area contributed by atoms with Gasteiger partial charge in [-0.05, 0) is 47.7 Å². The first kappa shape index (κ1) is 12.4. The summed E-state index contributed by atoms with van der Waals surface area (Å²) in [5, 5.41) is 3.08. The lowest BCUT2D eigenvalue weighted by Crippen LogP contribution is -2.13. The Labute approximate surface area is 117 Å². The maximum atomic E-state index is 11.9. The van der Waals surface area contributed by atoms with Crippen molar-refractivity contribution in [3.05, 3.63) is 44.3 Å². The number of nitrogens with one attached hydrogen (secondary N) is 1. The van der Waals surface area contributed by atoms with E-state index in [9.17, 15) is 4.79 Å². The number of amides is 1. The third-order valence-corrected chi connectivity index (χ3v) is 3.19. The van der Waals surface area contributed by atoms with Crippen molar-refractivity contribution in [3.8, 4) is 0 Å². The predicted octanol–water partition coefficient (Wildman–Crippen LogP) is 3.49. The zero-order chi connectivity index (χ0) is 12.4. The third-order valence-electron chi connectivity index (χ3n) is 2.01. The molecule has 2 aromatic rings. The Bertz CT molecular complexity index is 568. The highest BCUT2D eigenvalue weighted by Gasteiger charge is 2.13. The molecular formula is C11H8ClIN2O2. The number of rotatable bonds is 2. The van der Waals surface area contributed by atoms with E-state index in [1.165, 1.54) is 6.26 Å². The second kappa shape index (κ2) is 5.05. The number of anilines is 1. The van der Waals surface area contributed by atoms with Gasteiger partial charge in [0.25, 0.3) is 5.91 Å². The summed E-state index contributed by atoms with van der Waals surface area (Å²) < 4.78 is 5.86. The summed E-state index contributed by atoms with van der Waals surface area (Å²) in [5.74, 6) is -0.293. The molecule has 0 bridgehead atoms. The molecule has 6 heteroatoms. The summed E-state index contributed by atoms with van der Waals surface area (Å²) in [5.41, 5.74) is 1.20. The number of oxazole rings is 1. The second-order valence-electron chi connectivity index (χ2n) is 3.37. The Kier molecular flexibility index (Phi) is 3.68. The summed E-state index contributed by atoms with van der Waals surface area (Å²) in [4.78, 5) is 15.9. The first-order valence-corrected chi connectivity index (χ1v) is 6.20. The average Bonchev–Trinajstić information content (AvgIpc) is 2.67. The van der Waals surface area contributed by atoms with Crippen LogP contribution in [0.15, 0.2) is 28.9 Å². The number of benzene rings is 1. The van der Waals surface area contributed by atoms with Crippen molar-refractivity contribution in [2.24, 2.45) is 0 Å². The number of carbonyl (C=O) groups excluding carboxylic acids is 1. The van der Waals surface area contributed by atoms with E-state index in [0.717, 1.165) is 3.57 Å². The van der Waals surface area contributed by atoms with Gasteiger partial charge in [-0.2, -0.15) is 4.98 Å². The molecule has 88 valence electrons. The van der Waals surface area contributed by atoms with Crippen molar-refractivity contribution in [1.82, 2.24) is 4.98 Å². The van der Waals surface area contributed by atoms with Gasteiger partial charge in [-0.15, -0.1) is 0 Å². The number of aryl methyl sites for hydroxylation is 1. The van der Waals surface area contributed by atoms with Crippen LogP contribution in [-0.4, -0.2) is 10.9 Å². The summed E-state index contributed by atoms with van der Waals surface area (Å²) in [6.45, 7) is 1.78. The van der Waals surface area contributed by atoms with Gasteiger partial charge in [0, 0.05) is 8.59 Å². The fraction of sp³-hybridized carbons (Fsp3) is 0.0909. The molecule has 0 radical (unpaired) electrons. The van der Waals surface area contributed by atoms with Gasteiger partial charge >= 0.3 is 6.01 Å². The van der Waals surface area contributed by atoms with Crippen LogP contribution in [0.2, 0.25) is 5.02 Å². The van der Waals surface area contributed by atoms with Crippen molar-refractivity contribution in [2.45, 2.75) is 6.92 Å². The molecule has 4 nitrogen and oxygen atoms in total. The van der Waals surface area contributed by atoms with E-state index in [4.69, 9.17) is 16.0 Å². The van der Waals surface area contributed by atoms with Gasteiger partial charge in [0.2, 0.25) is 0 Å². The van der Waals surface area contributed by atoms with E-state index < -0.39 is 0 Å². The molecule has 0 spiro atoms. The molecule has 2 rings (SSSR count). The van der Waals surface area contributed by atoms with Crippen LogP contribution >= 0.6 is 34.2 Å². The monoisotopic (exact) mass is 362 g/mol. The summed E-state index contributed by atoms with van der Waals surface area (Å²) in [6.07, 6.45) is 1.47. The summed E-state index contributed by atoms with van der Waals surface area (Å²) in [7, 11) is 0. The zero-order valence-corrected chi connectivity index (χ0v) is 11.7. The fourth-order valence-corrected chi connectivity index (χ4v) is 2.00. The minimum atomic E-state index is -0.293. The predicted molar refractivity (Wildman–Crippen MR) is 73.4 cm³/mol. The van der Waals surface area contributed by atoms with Crippen LogP contribution in [0.4, 0.5) is 6.01 Å². The topological polar surface area (TPSA) is 55.1 Å². The van der Waals surface area contributed by atoms with Crippen molar-refractivity contribution in [3.63, 3.8) is 0 Å². The highest BCUT2D eigenvalue weighted by Crippen LogP contribution is 2.19. The highest BCUT2D eigenvalue weighted by molar-refractivity contribution is 14.1. The van der Waals surface area contributed by atoms with Gasteiger partial charge < -0.3 is 4.42 Å². The average molecular weight is 363 g/mol. The van der Waals surface area contributed by atoms with E-state index >= 15 is 0 Å². The van der Waals surface area contributed by atoms with E-state index in [-0.39, 0.29) is 11.9 Å². The summed E-state index contributed by atoms with van der Waals surface area (Å²) in [6, 6.07) is 5.30. The lowest BCUT2D eigenvalue weighted by atomic mass is 10.2. The molecule has 0 fully saturated rings. The molecule has 0 saturated heterocycles. The standard InChI is InChI=1S/C11H8ClIN2O2/c1-6-5-17-11(14-6)15-10(16)8-4-7(12)2-3-9(8)13/h2-5H,1H3,(H,14,15,16). The van der Waals surface area contributed by atoms with Crippen molar-refractivity contribution < 1.29 is 9.21 Å². The first-order chi connectivity index (χ1) is 8.06. The number of nitrogens with zero attached hydrogens (tertiary/aromatic N) is 1. The molecule has 1 heterocycles. The van der Waals surface area contributed by atoms with Gasteiger partial charge in [0.15, 0.2) is 0 Å². The number of hydrogen-bond donors (Lipinski definition) is 1. The van der Waals surface area contributed by atoms with Crippen LogP contribution < -0.4 is 5.32 Å². The van der Waals surface area contributed by atoms with E-state index in [1.54, 1.807) is 25.1 Å². The quantitative estimate of drug-likeness (QED) is 0.832. The maximum absolute atomic E-state index is 11.9. The zero-order valence-electron chi connectivity index (χ0n) is 8.83. The molecular weight excluding hydrogens is 354 g/mol. The molecule has 0 aliphatic carbocycles. The number of halogens is 2. The lowest BCUT2D eigenvalue weighted by molar-refractivity contribution is 0.102. The maximum Gasteiger partial charge on any atom is 0.301 e. The van der Waals surface area contributed by atoms with Gasteiger partial charge in [-0.25, -0.2) is 0 Å². The molecule has 1 aromatic heterocycles. The largest absolute Gasteiger partial charge is 0.432 e. The Morgan fingerprint density at radius 2 is 2.29 bits per heavy atom. The number of carbonyl (C=O) groups is 1. The number of aromatic nitrogens is 1. The molecule has 0 atom stereocenters. The normalized spacial score (nSPS) is 10.3. The van der Waals surface area contributed by atoms with Gasteiger partial charge in [0.05, 0.1) is 11.3 Å². The Morgan fingerprint density at radius 1 is 1.53 bits per heavy atom. The molecule has 0 aliphatic heterocycles. The van der Waals surface area contributed by atoms with Gasteiger partial charge in [-0.3, -0.25) is 10.1 Å². The van der Waals surface area contributed by atoms with Crippen molar-refractivity contribution in [1.29, 1.82) is 0 Å². The van der Waals surface area contributed by atoms with Crippen LogP contribution in [0.5, 0.6) is 0 Å². The lowest BCUT2D eigenvalue weighted by Gasteiger charge is -2.04. The third kappa shape index (κ3) is 2.98. The smallest absolute Gasteiger partial charge is 0.301 e. The highest BCUT2D eigenvalue weighted by atomic mass is 127. The fourth-order valence-electron chi connectivity index (χ4n) is 1.25. The molecule has 0 unspecified atom stereocenters. The van der Waals surface area contributed by atoms with Crippen LogP contribution in [0.3, 0.4) is 0 Å². The molecule has 1 aromatic carbocycles. The van der Waals surface area contributed by atoms with E-state index in [2.05, 4.69) is 32.9 Å². The minimum Gasteiger partial charge on any atom is -0.432 e. The second-order valence-corrected chi connectivity index (χ2v) is 4.97. The van der Waals surface area contributed by atoms with Crippen molar-refractivity contribution >= 4 is 46.1 Å². The van der Waals surface area contributed by atoms with E-state index in [1.807, 2.05) is 0 Å². The summed E-state index contributed by atoms with van der Waals surface area (Å²) >= 11 is 7.92. The molecule has 1 amide bonds. The Hall–Kier alpha value is -1.08. The molecule has 1 N–H and O–H groups in total. The number of hydrogen-bond acceptors (Lipinski definition) is 3. The molecule has 0 aliphatic rings. The Balaban J connectivity index is 2.22. The molecule has 17 heavy (non-hydrogen) atoms. The van der Waals surface area contributed by atoms with E-state index in [0.29, 0.717) is 16.3 Å². The minimum absolute atomic E-state index is 0.184. The SMILES string of the molecule is Cc1coc(NC(=O)c2cc(Cl)ccc2I)n1. The first-order valence-electron chi connectivity index (χ1n) is 4.75.